The van der Waals surface area contributed by atoms with Crippen molar-refractivity contribution in [2.24, 2.45) is 0 Å². The number of carbonyl (C=O) groups is 1. The van der Waals surface area contributed by atoms with Crippen LogP contribution in [0.2, 0.25) is 0 Å². The van der Waals surface area contributed by atoms with E-state index in [0.717, 1.165) is 60.4 Å². The molecule has 0 saturated carbocycles. The van der Waals surface area contributed by atoms with Gasteiger partial charge in [-0.3, -0.25) is 4.79 Å². The molecule has 1 fully saturated rings. The van der Waals surface area contributed by atoms with Crippen molar-refractivity contribution >= 4 is 39.0 Å². The molecule has 0 atom stereocenters. The third-order valence-corrected chi connectivity index (χ3v) is 6.42. The molecule has 1 aromatic carbocycles. The fraction of sp³-hybridized carbons (Fsp3) is 0.381. The number of rotatable bonds is 5. The van der Waals surface area contributed by atoms with Crippen LogP contribution in [0.15, 0.2) is 24.3 Å². The molecule has 3 heterocycles. The van der Waals surface area contributed by atoms with E-state index in [4.69, 9.17) is 14.7 Å². The number of morpholine rings is 1. The molecular weight excluding hydrogens is 386 g/mol. The van der Waals surface area contributed by atoms with Crippen molar-refractivity contribution in [1.29, 1.82) is 0 Å². The van der Waals surface area contributed by atoms with Gasteiger partial charge in [0, 0.05) is 23.2 Å². The van der Waals surface area contributed by atoms with Crippen molar-refractivity contribution in [3.05, 3.63) is 46.1 Å². The molecule has 0 spiro atoms. The minimum absolute atomic E-state index is 0.0962. The summed E-state index contributed by atoms with van der Waals surface area (Å²) in [5, 5.41) is 7.17. The molecule has 152 valence electrons. The Morgan fingerprint density at radius 1 is 1.17 bits per heavy atom. The average molecular weight is 413 g/mol. The van der Waals surface area contributed by atoms with Crippen molar-refractivity contribution < 1.29 is 14.4 Å². The molecule has 3 N–H and O–H groups in total. The molecule has 29 heavy (non-hydrogen) atoms. The first-order valence-corrected chi connectivity index (χ1v) is 10.6. The molecule has 0 bridgehead atoms. The lowest BCUT2D eigenvalue weighted by Crippen LogP contribution is -3.12. The first-order chi connectivity index (χ1) is 14.0. The van der Waals surface area contributed by atoms with Gasteiger partial charge in [-0.05, 0) is 43.7 Å². The van der Waals surface area contributed by atoms with Gasteiger partial charge in [-0.2, -0.15) is 0 Å². The minimum atomic E-state index is -0.0962. The molecule has 8 heteroatoms. The molecule has 1 saturated heterocycles. The number of ether oxygens (including phenoxy) is 1. The van der Waals surface area contributed by atoms with Crippen molar-refractivity contribution in [3.8, 4) is 0 Å². The molecule has 1 aliphatic rings. The van der Waals surface area contributed by atoms with Crippen LogP contribution in [0.25, 0.3) is 10.2 Å². The number of carbonyl (C=O) groups excluding carboxylic acids is 1. The zero-order valence-electron chi connectivity index (χ0n) is 17.0. The first-order valence-electron chi connectivity index (χ1n) is 9.82. The number of quaternary nitrogens is 1. The Labute approximate surface area is 174 Å². The summed E-state index contributed by atoms with van der Waals surface area (Å²) in [4.78, 5) is 25.2. The number of amides is 1. The van der Waals surface area contributed by atoms with E-state index >= 15 is 0 Å². The van der Waals surface area contributed by atoms with Crippen LogP contribution in [0.3, 0.4) is 0 Å². The van der Waals surface area contributed by atoms with Gasteiger partial charge in [-0.15, -0.1) is 11.3 Å². The molecule has 2 aromatic heterocycles. The summed E-state index contributed by atoms with van der Waals surface area (Å²) >= 11 is 1.71. The predicted octanol–water partition coefficient (Wildman–Crippen LogP) is 1.83. The van der Waals surface area contributed by atoms with E-state index < -0.39 is 0 Å². The van der Waals surface area contributed by atoms with Crippen molar-refractivity contribution in [3.63, 3.8) is 0 Å². The second-order valence-corrected chi connectivity index (χ2v) is 8.48. The summed E-state index contributed by atoms with van der Waals surface area (Å²) in [6, 6.07) is 7.42. The number of aromatic nitrogens is 2. The molecule has 4 rings (SSSR count). The zero-order valence-corrected chi connectivity index (χ0v) is 17.8. The van der Waals surface area contributed by atoms with Crippen LogP contribution in [-0.4, -0.2) is 49.2 Å². The van der Waals surface area contributed by atoms with Crippen molar-refractivity contribution in [1.82, 2.24) is 15.3 Å². The lowest BCUT2D eigenvalue weighted by atomic mass is 10.1. The Kier molecular flexibility index (Phi) is 5.75. The van der Waals surface area contributed by atoms with Gasteiger partial charge in [0.2, 0.25) is 0 Å². The lowest BCUT2D eigenvalue weighted by molar-refractivity contribution is -0.922. The highest BCUT2D eigenvalue weighted by Gasteiger charge is 2.20. The number of hydrogen-bond acceptors (Lipinski definition) is 6. The number of thiophene rings is 1. The van der Waals surface area contributed by atoms with Crippen LogP contribution >= 0.6 is 11.3 Å². The fourth-order valence-corrected chi connectivity index (χ4v) is 4.56. The molecule has 0 radical (unpaired) electrons. The Hall–Kier alpha value is -2.55. The molecule has 1 aliphatic heterocycles. The molecule has 0 unspecified atom stereocenters. The number of hydrogen-bond donors (Lipinski definition) is 3. The van der Waals surface area contributed by atoms with E-state index in [1.807, 2.05) is 24.3 Å². The number of anilines is 2. The standard InChI is InChI=1S/C21H25N5O2S/c1-13-14(2)29-21-18(13)19(23-16-6-4-15(5-7-16)20(27)22-3)24-17(25-21)12-26-8-10-28-11-9-26/h4-7H,8-12H2,1-3H3,(H,22,27)(H,23,24,25)/p+1. The van der Waals surface area contributed by atoms with Crippen molar-refractivity contribution in [2.75, 3.05) is 38.7 Å². The highest BCUT2D eigenvalue weighted by molar-refractivity contribution is 7.18. The van der Waals surface area contributed by atoms with Crippen LogP contribution in [0.5, 0.6) is 0 Å². The van der Waals surface area contributed by atoms with Gasteiger partial charge in [0.25, 0.3) is 5.91 Å². The largest absolute Gasteiger partial charge is 0.370 e. The van der Waals surface area contributed by atoms with Gasteiger partial charge in [0.15, 0.2) is 5.82 Å². The summed E-state index contributed by atoms with van der Waals surface area (Å²) in [7, 11) is 1.63. The number of benzene rings is 1. The van der Waals surface area contributed by atoms with Crippen LogP contribution < -0.4 is 15.5 Å². The monoisotopic (exact) mass is 412 g/mol. The predicted molar refractivity (Wildman–Crippen MR) is 115 cm³/mol. The lowest BCUT2D eigenvalue weighted by Gasteiger charge is -2.23. The summed E-state index contributed by atoms with van der Waals surface area (Å²) < 4.78 is 5.46. The van der Waals surface area contributed by atoms with E-state index in [-0.39, 0.29) is 5.91 Å². The van der Waals surface area contributed by atoms with E-state index in [9.17, 15) is 4.79 Å². The zero-order chi connectivity index (χ0) is 20.4. The Morgan fingerprint density at radius 2 is 1.90 bits per heavy atom. The van der Waals surface area contributed by atoms with Gasteiger partial charge in [0.1, 0.15) is 30.3 Å². The normalized spacial score (nSPS) is 14.9. The maximum absolute atomic E-state index is 11.8. The molecule has 1 amide bonds. The number of fused-ring (bicyclic) bond motifs is 1. The average Bonchev–Trinajstić information content (AvgIpc) is 3.02. The maximum atomic E-state index is 11.8. The second kappa shape index (κ2) is 8.44. The van der Waals surface area contributed by atoms with Gasteiger partial charge in [-0.1, -0.05) is 0 Å². The van der Waals surface area contributed by atoms with Crippen molar-refractivity contribution in [2.45, 2.75) is 20.4 Å². The summed E-state index contributed by atoms with van der Waals surface area (Å²) in [6.07, 6.45) is 0. The highest BCUT2D eigenvalue weighted by Crippen LogP contribution is 2.34. The topological polar surface area (TPSA) is 80.6 Å². The van der Waals surface area contributed by atoms with Gasteiger partial charge in [0.05, 0.1) is 18.6 Å². The number of nitrogens with zero attached hydrogens (tertiary/aromatic N) is 2. The fourth-order valence-electron chi connectivity index (χ4n) is 3.51. The van der Waals surface area contributed by atoms with Crippen LogP contribution in [-0.2, 0) is 11.3 Å². The molecule has 0 aliphatic carbocycles. The Morgan fingerprint density at radius 3 is 2.59 bits per heavy atom. The van der Waals surface area contributed by atoms with Crippen LogP contribution in [0.4, 0.5) is 11.5 Å². The quantitative estimate of drug-likeness (QED) is 0.596. The highest BCUT2D eigenvalue weighted by atomic mass is 32.1. The summed E-state index contributed by atoms with van der Waals surface area (Å²) in [5.41, 5.74) is 2.73. The van der Waals surface area contributed by atoms with Crippen LogP contribution in [0.1, 0.15) is 26.6 Å². The molecule has 3 aromatic rings. The minimum Gasteiger partial charge on any atom is -0.370 e. The molecular formula is C21H26N5O2S+. The second-order valence-electron chi connectivity index (χ2n) is 7.27. The third-order valence-electron chi connectivity index (χ3n) is 5.32. The maximum Gasteiger partial charge on any atom is 0.251 e. The Bertz CT molecular complexity index is 1030. The first kappa shape index (κ1) is 19.8. The summed E-state index contributed by atoms with van der Waals surface area (Å²) in [5.74, 6) is 1.58. The third kappa shape index (κ3) is 4.24. The SMILES string of the molecule is CNC(=O)c1ccc(Nc2nc(C[NH+]3CCOCC3)nc3sc(C)c(C)c23)cc1. The smallest absolute Gasteiger partial charge is 0.251 e. The number of aryl methyl sites for hydroxylation is 2. The van der Waals surface area contributed by atoms with Crippen LogP contribution in [0, 0.1) is 13.8 Å². The van der Waals surface area contributed by atoms with E-state index in [1.165, 1.54) is 15.3 Å². The van der Waals surface area contributed by atoms with Gasteiger partial charge < -0.3 is 20.3 Å². The van der Waals surface area contributed by atoms with Gasteiger partial charge in [-0.25, -0.2) is 9.97 Å². The Balaban J connectivity index is 1.66. The van der Waals surface area contributed by atoms with Gasteiger partial charge >= 0.3 is 0 Å². The van der Waals surface area contributed by atoms with E-state index in [0.29, 0.717) is 5.56 Å². The van der Waals surface area contributed by atoms with E-state index in [1.54, 1.807) is 18.4 Å². The molecule has 7 nitrogen and oxygen atoms in total. The number of nitrogens with one attached hydrogen (secondary N) is 3. The summed E-state index contributed by atoms with van der Waals surface area (Å²) in [6.45, 7) is 8.57. The van der Waals surface area contributed by atoms with E-state index in [2.05, 4.69) is 24.5 Å².